The van der Waals surface area contributed by atoms with Gasteiger partial charge in [-0.25, -0.2) is 8.42 Å². The molecule has 1 saturated heterocycles. The van der Waals surface area contributed by atoms with Crippen LogP contribution in [0.4, 0.5) is 0 Å². The van der Waals surface area contributed by atoms with Gasteiger partial charge in [0.1, 0.15) is 0 Å². The SMILES string of the molecule is COc1cc2c(cc1OC)CN(CCC(=O)NC1CCS(=O)(=O)C1)CC2. The van der Waals surface area contributed by atoms with Crippen molar-refractivity contribution < 1.29 is 22.7 Å². The van der Waals surface area contributed by atoms with Crippen molar-refractivity contribution in [3.8, 4) is 11.5 Å². The fraction of sp³-hybridized carbons (Fsp3) is 0.611. The molecule has 1 atom stereocenters. The zero-order valence-corrected chi connectivity index (χ0v) is 16.1. The van der Waals surface area contributed by atoms with Gasteiger partial charge < -0.3 is 14.8 Å². The van der Waals surface area contributed by atoms with E-state index in [0.717, 1.165) is 25.3 Å². The van der Waals surface area contributed by atoms with Crippen LogP contribution < -0.4 is 14.8 Å². The van der Waals surface area contributed by atoms with E-state index in [1.54, 1.807) is 14.2 Å². The van der Waals surface area contributed by atoms with E-state index in [1.807, 2.05) is 12.1 Å². The molecule has 0 bridgehead atoms. The highest BCUT2D eigenvalue weighted by Crippen LogP contribution is 2.33. The molecule has 1 N–H and O–H groups in total. The first-order chi connectivity index (χ1) is 12.4. The molecule has 1 amide bonds. The molecule has 0 saturated carbocycles. The summed E-state index contributed by atoms with van der Waals surface area (Å²) >= 11 is 0. The Kier molecular flexibility index (Phi) is 5.72. The first kappa shape index (κ1) is 19.0. The third-order valence-electron chi connectivity index (χ3n) is 5.05. The van der Waals surface area contributed by atoms with Gasteiger partial charge in [-0.3, -0.25) is 9.69 Å². The molecule has 7 nitrogen and oxygen atoms in total. The number of hydrogen-bond donors (Lipinski definition) is 1. The summed E-state index contributed by atoms with van der Waals surface area (Å²) in [7, 11) is 0.286. The van der Waals surface area contributed by atoms with Crippen LogP contribution in [-0.2, 0) is 27.6 Å². The second-order valence-corrected chi connectivity index (χ2v) is 9.15. The van der Waals surface area contributed by atoms with Crippen LogP contribution in [0.25, 0.3) is 0 Å². The molecular weight excluding hydrogens is 356 g/mol. The van der Waals surface area contributed by atoms with Gasteiger partial charge in [-0.2, -0.15) is 0 Å². The van der Waals surface area contributed by atoms with Crippen molar-refractivity contribution in [1.82, 2.24) is 10.2 Å². The van der Waals surface area contributed by atoms with Crippen LogP contribution in [0.15, 0.2) is 12.1 Å². The smallest absolute Gasteiger partial charge is 0.221 e. The van der Waals surface area contributed by atoms with Gasteiger partial charge in [-0.1, -0.05) is 0 Å². The van der Waals surface area contributed by atoms with E-state index >= 15 is 0 Å². The van der Waals surface area contributed by atoms with E-state index in [-0.39, 0.29) is 23.5 Å². The number of benzene rings is 1. The molecule has 0 radical (unpaired) electrons. The van der Waals surface area contributed by atoms with E-state index in [1.165, 1.54) is 11.1 Å². The van der Waals surface area contributed by atoms with E-state index in [0.29, 0.717) is 25.1 Å². The monoisotopic (exact) mass is 382 g/mol. The molecule has 26 heavy (non-hydrogen) atoms. The number of carbonyl (C=O) groups is 1. The molecule has 144 valence electrons. The molecule has 8 heteroatoms. The lowest BCUT2D eigenvalue weighted by Crippen LogP contribution is -2.38. The van der Waals surface area contributed by atoms with E-state index < -0.39 is 9.84 Å². The van der Waals surface area contributed by atoms with Gasteiger partial charge >= 0.3 is 0 Å². The third-order valence-corrected chi connectivity index (χ3v) is 6.82. The molecule has 2 aliphatic rings. The largest absolute Gasteiger partial charge is 0.493 e. The molecular formula is C18H26N2O5S. The molecule has 2 aliphatic heterocycles. The Morgan fingerprint density at radius 1 is 1.23 bits per heavy atom. The van der Waals surface area contributed by atoms with E-state index in [9.17, 15) is 13.2 Å². The van der Waals surface area contributed by atoms with E-state index in [4.69, 9.17) is 9.47 Å². The Balaban J connectivity index is 1.52. The third kappa shape index (κ3) is 4.48. The predicted molar refractivity (Wildman–Crippen MR) is 98.3 cm³/mol. The average molecular weight is 382 g/mol. The fourth-order valence-corrected chi connectivity index (χ4v) is 5.27. The average Bonchev–Trinajstić information content (AvgIpc) is 2.96. The van der Waals surface area contributed by atoms with Crippen LogP contribution in [-0.4, -0.2) is 64.1 Å². The standard InChI is InChI=1S/C18H26N2O5S/c1-24-16-9-13-3-6-20(11-14(13)10-17(16)25-2)7-4-18(21)19-15-5-8-26(22,23)12-15/h9-10,15H,3-8,11-12H2,1-2H3,(H,19,21). The molecule has 0 aliphatic carbocycles. The minimum Gasteiger partial charge on any atom is -0.493 e. The summed E-state index contributed by atoms with van der Waals surface area (Å²) in [5.74, 6) is 1.62. The highest BCUT2D eigenvalue weighted by atomic mass is 32.2. The summed E-state index contributed by atoms with van der Waals surface area (Å²) in [4.78, 5) is 14.3. The summed E-state index contributed by atoms with van der Waals surface area (Å²) in [6, 6.07) is 3.80. The zero-order chi connectivity index (χ0) is 18.7. The number of nitrogens with zero attached hydrogens (tertiary/aromatic N) is 1. The Bertz CT molecular complexity index is 778. The number of carbonyl (C=O) groups excluding carboxylic acids is 1. The molecule has 1 unspecified atom stereocenters. The maximum absolute atomic E-state index is 12.1. The van der Waals surface area contributed by atoms with Crippen molar-refractivity contribution >= 4 is 15.7 Å². The number of fused-ring (bicyclic) bond motifs is 1. The Morgan fingerprint density at radius 3 is 2.54 bits per heavy atom. The first-order valence-corrected chi connectivity index (χ1v) is 10.7. The predicted octanol–water partition coefficient (Wildman–Crippen LogP) is 0.755. The van der Waals surface area contributed by atoms with Crippen molar-refractivity contribution in [2.75, 3.05) is 38.8 Å². The topological polar surface area (TPSA) is 84.9 Å². The Morgan fingerprint density at radius 2 is 1.92 bits per heavy atom. The van der Waals surface area contributed by atoms with E-state index in [2.05, 4.69) is 10.2 Å². The first-order valence-electron chi connectivity index (χ1n) is 8.86. The molecule has 2 heterocycles. The van der Waals surface area contributed by atoms with Gasteiger partial charge in [0.05, 0.1) is 25.7 Å². The van der Waals surface area contributed by atoms with Gasteiger partial charge in [-0.05, 0) is 36.1 Å². The van der Waals surface area contributed by atoms with Crippen molar-refractivity contribution in [2.24, 2.45) is 0 Å². The molecule has 0 spiro atoms. The second-order valence-electron chi connectivity index (χ2n) is 6.92. The normalized spacial score (nSPS) is 21.8. The maximum Gasteiger partial charge on any atom is 0.221 e. The number of ether oxygens (including phenoxy) is 2. The molecule has 1 fully saturated rings. The van der Waals surface area contributed by atoms with Crippen molar-refractivity contribution in [2.45, 2.75) is 31.8 Å². The summed E-state index contributed by atoms with van der Waals surface area (Å²) in [6.07, 6.45) is 1.80. The van der Waals surface area contributed by atoms with Gasteiger partial charge in [0.15, 0.2) is 21.3 Å². The zero-order valence-electron chi connectivity index (χ0n) is 15.3. The Labute approximate surface area is 154 Å². The summed E-state index contributed by atoms with van der Waals surface area (Å²) in [5.41, 5.74) is 2.44. The number of rotatable bonds is 6. The fourth-order valence-electron chi connectivity index (χ4n) is 3.60. The van der Waals surface area contributed by atoms with Crippen LogP contribution in [0.1, 0.15) is 24.0 Å². The number of sulfone groups is 1. The molecule has 0 aromatic heterocycles. The quantitative estimate of drug-likeness (QED) is 0.782. The number of amides is 1. The van der Waals surface area contributed by atoms with Crippen molar-refractivity contribution in [1.29, 1.82) is 0 Å². The van der Waals surface area contributed by atoms with Crippen LogP contribution in [0.3, 0.4) is 0 Å². The summed E-state index contributed by atoms with van der Waals surface area (Å²) < 4.78 is 33.6. The number of hydrogen-bond acceptors (Lipinski definition) is 6. The highest BCUT2D eigenvalue weighted by molar-refractivity contribution is 7.91. The molecule has 1 aromatic rings. The lowest BCUT2D eigenvalue weighted by molar-refractivity contribution is -0.122. The van der Waals surface area contributed by atoms with Gasteiger partial charge in [0.2, 0.25) is 5.91 Å². The van der Waals surface area contributed by atoms with Gasteiger partial charge in [0, 0.05) is 32.1 Å². The second kappa shape index (κ2) is 7.84. The summed E-state index contributed by atoms with van der Waals surface area (Å²) in [6.45, 7) is 2.30. The minimum absolute atomic E-state index is 0.0669. The Hall–Kier alpha value is -1.80. The lowest BCUT2D eigenvalue weighted by Gasteiger charge is -2.29. The van der Waals surface area contributed by atoms with Crippen LogP contribution in [0.5, 0.6) is 11.5 Å². The highest BCUT2D eigenvalue weighted by Gasteiger charge is 2.29. The molecule has 1 aromatic carbocycles. The minimum atomic E-state index is -2.97. The van der Waals surface area contributed by atoms with Gasteiger partial charge in [-0.15, -0.1) is 0 Å². The van der Waals surface area contributed by atoms with Crippen LogP contribution in [0.2, 0.25) is 0 Å². The lowest BCUT2D eigenvalue weighted by atomic mass is 9.98. The number of nitrogens with one attached hydrogen (secondary N) is 1. The van der Waals surface area contributed by atoms with Gasteiger partial charge in [0.25, 0.3) is 0 Å². The molecule has 3 rings (SSSR count). The van der Waals surface area contributed by atoms with Crippen LogP contribution >= 0.6 is 0 Å². The van der Waals surface area contributed by atoms with Crippen molar-refractivity contribution in [3.63, 3.8) is 0 Å². The summed E-state index contributed by atoms with van der Waals surface area (Å²) in [5, 5.41) is 2.85. The van der Waals surface area contributed by atoms with Crippen molar-refractivity contribution in [3.05, 3.63) is 23.3 Å². The number of methoxy groups -OCH3 is 2. The maximum atomic E-state index is 12.1. The van der Waals surface area contributed by atoms with Crippen LogP contribution in [0, 0.1) is 0 Å².